The number of phenols is 1. The van der Waals surface area contributed by atoms with Crippen molar-refractivity contribution in [3.63, 3.8) is 0 Å². The van der Waals surface area contributed by atoms with Crippen LogP contribution in [0.5, 0.6) is 5.75 Å². The van der Waals surface area contributed by atoms with Gasteiger partial charge in [-0.2, -0.15) is 0 Å². The molecule has 146 valence electrons. The van der Waals surface area contributed by atoms with Gasteiger partial charge in [-0.15, -0.1) is 0 Å². The van der Waals surface area contributed by atoms with Gasteiger partial charge in [-0.25, -0.2) is 0 Å². The highest BCUT2D eigenvalue weighted by atomic mass is 16.3. The van der Waals surface area contributed by atoms with Crippen molar-refractivity contribution < 1.29 is 9.90 Å². The topological polar surface area (TPSA) is 123 Å². The minimum Gasteiger partial charge on any atom is -0.506 e. The Labute approximate surface area is 161 Å². The molecule has 0 saturated carbocycles. The van der Waals surface area contributed by atoms with Crippen molar-refractivity contribution in [2.75, 3.05) is 11.1 Å². The third-order valence-corrected chi connectivity index (χ3v) is 3.86. The second kappa shape index (κ2) is 8.20. The smallest absolute Gasteiger partial charge is 0.229 e. The van der Waals surface area contributed by atoms with Crippen molar-refractivity contribution in [1.82, 2.24) is 0 Å². The van der Waals surface area contributed by atoms with E-state index < -0.39 is 5.41 Å². The van der Waals surface area contributed by atoms with E-state index in [9.17, 15) is 9.90 Å². The van der Waals surface area contributed by atoms with E-state index in [2.05, 4.69) is 26.1 Å². The zero-order chi connectivity index (χ0) is 21.0. The number of amides is 1. The van der Waals surface area contributed by atoms with Crippen molar-refractivity contribution in [2.45, 2.75) is 41.5 Å². The number of rotatable bonds is 1. The number of hydrogen-bond acceptors (Lipinski definition) is 5. The number of nitrogens with one attached hydrogen (secondary N) is 3. The molecule has 0 spiro atoms. The predicted octanol–water partition coefficient (Wildman–Crippen LogP) is 4.53. The van der Waals surface area contributed by atoms with Gasteiger partial charge >= 0.3 is 0 Å². The second-order valence-corrected chi connectivity index (χ2v) is 8.49. The van der Waals surface area contributed by atoms with Crippen LogP contribution < -0.4 is 11.1 Å². The quantitative estimate of drug-likeness (QED) is 0.283. The molecular weight excluding hydrogens is 340 g/mol. The van der Waals surface area contributed by atoms with Crippen molar-refractivity contribution >= 4 is 28.7 Å². The first-order chi connectivity index (χ1) is 12.2. The van der Waals surface area contributed by atoms with E-state index in [0.717, 1.165) is 5.57 Å². The van der Waals surface area contributed by atoms with Gasteiger partial charge in [0.25, 0.3) is 0 Å². The van der Waals surface area contributed by atoms with Crippen LogP contribution in [0.1, 0.15) is 41.5 Å². The van der Waals surface area contributed by atoms with E-state index in [1.807, 2.05) is 26.8 Å². The first-order valence-electron chi connectivity index (χ1n) is 8.69. The van der Waals surface area contributed by atoms with Crippen LogP contribution in [0, 0.1) is 21.6 Å². The van der Waals surface area contributed by atoms with E-state index in [0.29, 0.717) is 22.8 Å². The van der Waals surface area contributed by atoms with Crippen LogP contribution in [0.2, 0.25) is 0 Å². The maximum Gasteiger partial charge on any atom is 0.229 e. The normalized spacial score (nSPS) is 14.2. The Bertz CT molecular complexity index is 806. The number of aromatic hydroxyl groups is 1. The fraction of sp³-hybridized carbons (Fsp3) is 0.381. The van der Waals surface area contributed by atoms with Gasteiger partial charge in [-0.05, 0) is 35.3 Å². The molecule has 1 aromatic rings. The Hall–Kier alpha value is -2.89. The molecule has 1 aliphatic carbocycles. The molecule has 6 nitrogen and oxygen atoms in total. The lowest BCUT2D eigenvalue weighted by molar-refractivity contribution is -0.123. The summed E-state index contributed by atoms with van der Waals surface area (Å²) in [7, 11) is 0. The third kappa shape index (κ3) is 6.73. The summed E-state index contributed by atoms with van der Waals surface area (Å²) in [6, 6.07) is 4.63. The number of benzene rings is 1. The van der Waals surface area contributed by atoms with E-state index in [1.54, 1.807) is 24.3 Å². The van der Waals surface area contributed by atoms with Gasteiger partial charge in [0.05, 0.1) is 17.1 Å². The minimum atomic E-state index is -0.461. The SMILES string of the molecule is CC(C)(C)C(=O)Nc1ccc(N)c(O)c1.CC(C)(C)C1=CC(=N)C(=N)C=C1. The molecule has 1 amide bonds. The molecule has 0 saturated heterocycles. The van der Waals surface area contributed by atoms with E-state index in [1.165, 1.54) is 6.07 Å². The van der Waals surface area contributed by atoms with Crippen molar-refractivity contribution in [3.8, 4) is 5.75 Å². The van der Waals surface area contributed by atoms with E-state index in [-0.39, 0.29) is 17.1 Å². The van der Waals surface area contributed by atoms with Gasteiger partial charge < -0.3 is 16.2 Å². The summed E-state index contributed by atoms with van der Waals surface area (Å²) in [6.45, 7) is 11.8. The third-order valence-electron chi connectivity index (χ3n) is 3.86. The average Bonchev–Trinajstić information content (AvgIpc) is 2.52. The molecule has 0 fully saturated rings. The molecule has 0 atom stereocenters. The lowest BCUT2D eigenvalue weighted by Gasteiger charge is -2.22. The van der Waals surface area contributed by atoms with E-state index in [4.69, 9.17) is 16.6 Å². The second-order valence-electron chi connectivity index (χ2n) is 8.49. The van der Waals surface area contributed by atoms with Crippen LogP contribution in [0.15, 0.2) is 42.0 Å². The number of anilines is 2. The largest absolute Gasteiger partial charge is 0.506 e. The zero-order valence-corrected chi connectivity index (χ0v) is 16.9. The van der Waals surface area contributed by atoms with Gasteiger partial charge in [-0.1, -0.05) is 47.6 Å². The van der Waals surface area contributed by atoms with Crippen LogP contribution in [0.25, 0.3) is 0 Å². The summed E-state index contributed by atoms with van der Waals surface area (Å²) >= 11 is 0. The van der Waals surface area contributed by atoms with Gasteiger partial charge in [0.1, 0.15) is 5.75 Å². The highest BCUT2D eigenvalue weighted by Crippen LogP contribution is 2.28. The van der Waals surface area contributed by atoms with Crippen LogP contribution in [-0.2, 0) is 4.79 Å². The Kier molecular flexibility index (Phi) is 6.73. The number of hydrogen-bond donors (Lipinski definition) is 5. The van der Waals surface area contributed by atoms with Gasteiger partial charge in [0.15, 0.2) is 0 Å². The molecule has 27 heavy (non-hydrogen) atoms. The monoisotopic (exact) mass is 370 g/mol. The molecule has 6 heteroatoms. The highest BCUT2D eigenvalue weighted by Gasteiger charge is 2.21. The molecule has 2 rings (SSSR count). The van der Waals surface area contributed by atoms with Crippen molar-refractivity contribution in [3.05, 3.63) is 42.0 Å². The lowest BCUT2D eigenvalue weighted by Crippen LogP contribution is -2.27. The minimum absolute atomic E-state index is 0.0262. The zero-order valence-electron chi connectivity index (χ0n) is 16.9. The molecule has 0 unspecified atom stereocenters. The number of phenolic OH excluding ortho intramolecular Hbond substituents is 1. The molecule has 1 aliphatic rings. The van der Waals surface area contributed by atoms with Crippen LogP contribution in [-0.4, -0.2) is 22.4 Å². The van der Waals surface area contributed by atoms with E-state index >= 15 is 0 Å². The molecule has 0 bridgehead atoms. The molecule has 0 aliphatic heterocycles. The molecule has 1 aromatic carbocycles. The average molecular weight is 370 g/mol. The summed E-state index contributed by atoms with van der Waals surface area (Å²) in [4.78, 5) is 11.6. The standard InChI is InChI=1S/C11H16N2O2.C10H14N2/c1-11(2,3)10(15)13-7-4-5-8(12)9(14)6-7;1-10(2,3)7-4-5-8(11)9(12)6-7/h4-6,14H,12H2,1-3H3,(H,13,15);4-6,11-12H,1-3H3. The predicted molar refractivity (Wildman–Crippen MR) is 113 cm³/mol. The van der Waals surface area contributed by atoms with Gasteiger partial charge in [-0.3, -0.25) is 15.6 Å². The first kappa shape index (κ1) is 22.2. The number of carbonyl (C=O) groups excluding carboxylic acids is 1. The maximum atomic E-state index is 11.6. The van der Waals surface area contributed by atoms with Crippen LogP contribution >= 0.6 is 0 Å². The Morgan fingerprint density at radius 2 is 1.63 bits per heavy atom. The summed E-state index contributed by atoms with van der Waals surface area (Å²) in [6.07, 6.45) is 5.37. The molecule has 0 aromatic heterocycles. The Morgan fingerprint density at radius 3 is 2.07 bits per heavy atom. The summed E-state index contributed by atoms with van der Waals surface area (Å²) in [5.41, 5.74) is 7.61. The van der Waals surface area contributed by atoms with Gasteiger partial charge in [0, 0.05) is 17.2 Å². The van der Waals surface area contributed by atoms with Crippen molar-refractivity contribution in [2.24, 2.45) is 10.8 Å². The van der Waals surface area contributed by atoms with Crippen molar-refractivity contribution in [1.29, 1.82) is 10.8 Å². The summed E-state index contributed by atoms with van der Waals surface area (Å²) in [5.74, 6) is -0.131. The number of allylic oxidation sites excluding steroid dienone is 4. The van der Waals surface area contributed by atoms with Crippen LogP contribution in [0.4, 0.5) is 11.4 Å². The molecule has 0 heterocycles. The van der Waals surface area contributed by atoms with Gasteiger partial charge in [0.2, 0.25) is 5.91 Å². The molecule has 0 radical (unpaired) electrons. The first-order valence-corrected chi connectivity index (χ1v) is 8.69. The summed E-state index contributed by atoms with van der Waals surface area (Å²) in [5, 5.41) is 26.8. The molecular formula is C21H30N4O2. The highest BCUT2D eigenvalue weighted by molar-refractivity contribution is 6.49. The number of nitrogen functional groups attached to an aromatic ring is 1. The Balaban J connectivity index is 0.000000277. The lowest BCUT2D eigenvalue weighted by atomic mass is 9.83. The molecule has 6 N–H and O–H groups in total. The van der Waals surface area contributed by atoms with Crippen LogP contribution in [0.3, 0.4) is 0 Å². The fourth-order valence-corrected chi connectivity index (χ4v) is 1.95. The Morgan fingerprint density at radius 1 is 1.04 bits per heavy atom. The summed E-state index contributed by atoms with van der Waals surface area (Å²) < 4.78 is 0. The number of nitrogens with two attached hydrogens (primary N) is 1. The maximum absolute atomic E-state index is 11.6. The number of carbonyl (C=O) groups is 1. The fourth-order valence-electron chi connectivity index (χ4n) is 1.95.